The third-order valence-corrected chi connectivity index (χ3v) is 0.378. The summed E-state index contributed by atoms with van der Waals surface area (Å²) in [6, 6.07) is 0. The summed E-state index contributed by atoms with van der Waals surface area (Å²) in [5.74, 6) is 0. The summed E-state index contributed by atoms with van der Waals surface area (Å²) >= 11 is 4.59. The van der Waals surface area contributed by atoms with Crippen molar-refractivity contribution >= 4 is 11.6 Å². The molecule has 42 valence electrons. The maximum absolute atomic E-state index is 10.9. The number of hydrogen-bond donors (Lipinski definition) is 0. The molecule has 4 heteroatoms. The second-order valence-corrected chi connectivity index (χ2v) is 1.09. The average molecular weight is 130 g/mol. The predicted molar refractivity (Wildman–Crippen MR) is 21.0 cm³/mol. The second kappa shape index (κ2) is 2.21. The van der Waals surface area contributed by atoms with Gasteiger partial charge in [0.05, 0.1) is 0 Å². The Bertz CT molecular complexity index is 72.7. The standard InChI is InChI=1S/C3H2ClF3/c4-2-1-3(5,6)7/h1-2H. The first-order valence-corrected chi connectivity index (χ1v) is 1.84. The van der Waals surface area contributed by atoms with E-state index in [0.29, 0.717) is 5.54 Å². The van der Waals surface area contributed by atoms with Crippen molar-refractivity contribution in [2.75, 3.05) is 0 Å². The van der Waals surface area contributed by atoms with Gasteiger partial charge in [-0.15, -0.1) is 0 Å². The van der Waals surface area contributed by atoms with Gasteiger partial charge in [-0.2, -0.15) is 13.2 Å². The molecule has 0 atom stereocenters. The Morgan fingerprint density at radius 2 is 1.71 bits per heavy atom. The molecule has 0 aliphatic heterocycles. The van der Waals surface area contributed by atoms with E-state index < -0.39 is 6.18 Å². The Kier molecular flexibility index (Phi) is 2.15. The third-order valence-electron chi connectivity index (χ3n) is 0.252. The fraction of sp³-hybridized carbons (Fsp3) is 0.333. The molecule has 0 amide bonds. The fourth-order valence-corrected chi connectivity index (χ4v) is 0.214. The van der Waals surface area contributed by atoms with Crippen molar-refractivity contribution in [3.63, 3.8) is 0 Å². The molecule has 0 aliphatic rings. The summed E-state index contributed by atoms with van der Waals surface area (Å²) in [5, 5.41) is 0. The van der Waals surface area contributed by atoms with E-state index in [9.17, 15) is 13.2 Å². The van der Waals surface area contributed by atoms with Crippen molar-refractivity contribution in [3.05, 3.63) is 11.6 Å². The van der Waals surface area contributed by atoms with Gasteiger partial charge in [0.25, 0.3) is 0 Å². The van der Waals surface area contributed by atoms with Crippen LogP contribution in [0, 0.1) is 0 Å². The van der Waals surface area contributed by atoms with Crippen LogP contribution in [-0.2, 0) is 0 Å². The highest BCUT2D eigenvalue weighted by Gasteiger charge is 2.21. The largest absolute Gasteiger partial charge is 0.410 e. The van der Waals surface area contributed by atoms with Gasteiger partial charge in [-0.3, -0.25) is 0 Å². The smallest absolute Gasteiger partial charge is 0.167 e. The lowest BCUT2D eigenvalue weighted by atomic mass is 10.6. The molecule has 0 saturated carbocycles. The van der Waals surface area contributed by atoms with E-state index in [-0.39, 0.29) is 6.08 Å². The molecule has 7 heavy (non-hydrogen) atoms. The quantitative estimate of drug-likeness (QED) is 0.472. The fourth-order valence-electron chi connectivity index (χ4n) is 0.0714. The van der Waals surface area contributed by atoms with Crippen molar-refractivity contribution in [2.45, 2.75) is 6.18 Å². The number of alkyl halides is 3. The zero-order valence-corrected chi connectivity index (χ0v) is 3.92. The molecule has 0 fully saturated rings. The minimum atomic E-state index is -4.26. The molecule has 0 aliphatic carbocycles. The van der Waals surface area contributed by atoms with E-state index in [4.69, 9.17) is 0 Å². The molecule has 0 rings (SSSR count). The Labute approximate surface area is 43.6 Å². The highest BCUT2D eigenvalue weighted by atomic mass is 35.5. The second-order valence-electron chi connectivity index (χ2n) is 0.834. The number of rotatable bonds is 0. The van der Waals surface area contributed by atoms with E-state index in [2.05, 4.69) is 11.6 Å². The van der Waals surface area contributed by atoms with Gasteiger partial charge in [-0.05, 0) is 0 Å². The van der Waals surface area contributed by atoms with Gasteiger partial charge in [0.2, 0.25) is 0 Å². The van der Waals surface area contributed by atoms with Gasteiger partial charge in [-0.1, -0.05) is 11.6 Å². The van der Waals surface area contributed by atoms with E-state index in [1.165, 1.54) is 0 Å². The van der Waals surface area contributed by atoms with Crippen LogP contribution in [0.3, 0.4) is 0 Å². The zero-order valence-electron chi connectivity index (χ0n) is 3.17. The molecule has 0 spiro atoms. The monoisotopic (exact) mass is 130 g/mol. The van der Waals surface area contributed by atoms with Gasteiger partial charge < -0.3 is 0 Å². The van der Waals surface area contributed by atoms with Gasteiger partial charge >= 0.3 is 6.18 Å². The minimum Gasteiger partial charge on any atom is -0.167 e. The SMILES string of the molecule is FC(F)(F)C=CCl. The molecule has 0 nitrogen and oxygen atoms in total. The molecule has 0 aromatic carbocycles. The van der Waals surface area contributed by atoms with E-state index in [1.54, 1.807) is 0 Å². The molecule has 0 bridgehead atoms. The van der Waals surface area contributed by atoms with Crippen molar-refractivity contribution in [1.82, 2.24) is 0 Å². The van der Waals surface area contributed by atoms with Crippen LogP contribution in [-0.4, -0.2) is 6.18 Å². The van der Waals surface area contributed by atoms with Gasteiger partial charge in [0.1, 0.15) is 0 Å². The van der Waals surface area contributed by atoms with Crippen LogP contribution < -0.4 is 0 Å². The van der Waals surface area contributed by atoms with Gasteiger partial charge in [0, 0.05) is 11.6 Å². The summed E-state index contributed by atoms with van der Waals surface area (Å²) in [7, 11) is 0. The first-order valence-electron chi connectivity index (χ1n) is 1.41. The summed E-state index contributed by atoms with van der Waals surface area (Å²) in [4.78, 5) is 0. The molecule has 0 heterocycles. The molecule has 0 N–H and O–H groups in total. The number of allylic oxidation sites excluding steroid dienone is 1. The molecule has 0 aromatic heterocycles. The molecule has 0 radical (unpaired) electrons. The molecule has 0 saturated heterocycles. The van der Waals surface area contributed by atoms with Crippen molar-refractivity contribution in [1.29, 1.82) is 0 Å². The Hall–Kier alpha value is -0.180. The highest BCUT2D eigenvalue weighted by molar-refractivity contribution is 6.25. The maximum Gasteiger partial charge on any atom is 0.410 e. The van der Waals surface area contributed by atoms with Crippen LogP contribution in [0.25, 0.3) is 0 Å². The van der Waals surface area contributed by atoms with E-state index in [1.807, 2.05) is 0 Å². The van der Waals surface area contributed by atoms with Crippen LogP contribution in [0.5, 0.6) is 0 Å². The lowest BCUT2D eigenvalue weighted by molar-refractivity contribution is -0.0796. The predicted octanol–water partition coefficient (Wildman–Crippen LogP) is 2.30. The Balaban J connectivity index is 3.56. The number of halogens is 4. The number of hydrogen-bond acceptors (Lipinski definition) is 0. The molecule has 0 aromatic rings. The van der Waals surface area contributed by atoms with E-state index >= 15 is 0 Å². The Morgan fingerprint density at radius 1 is 1.29 bits per heavy atom. The molecular weight excluding hydrogens is 128 g/mol. The summed E-state index contributed by atoms with van der Waals surface area (Å²) in [6.07, 6.45) is -4.31. The molecule has 0 unspecified atom stereocenters. The van der Waals surface area contributed by atoms with E-state index in [0.717, 1.165) is 0 Å². The Morgan fingerprint density at radius 3 is 1.71 bits per heavy atom. The molecular formula is C3H2ClF3. The summed E-state index contributed by atoms with van der Waals surface area (Å²) in [5.41, 5.74) is 0.431. The van der Waals surface area contributed by atoms with Crippen LogP contribution in [0.15, 0.2) is 11.6 Å². The van der Waals surface area contributed by atoms with Gasteiger partial charge in [-0.25, -0.2) is 0 Å². The van der Waals surface area contributed by atoms with Crippen molar-refractivity contribution < 1.29 is 13.2 Å². The first kappa shape index (κ1) is 6.82. The normalized spacial score (nSPS) is 13.1. The van der Waals surface area contributed by atoms with Crippen LogP contribution in [0.2, 0.25) is 0 Å². The topological polar surface area (TPSA) is 0 Å². The average Bonchev–Trinajstić information content (AvgIpc) is 1.30. The maximum atomic E-state index is 10.9. The summed E-state index contributed by atoms with van der Waals surface area (Å²) < 4.78 is 32.7. The minimum absolute atomic E-state index is 0.0471. The van der Waals surface area contributed by atoms with Crippen LogP contribution in [0.1, 0.15) is 0 Å². The van der Waals surface area contributed by atoms with Crippen molar-refractivity contribution in [3.8, 4) is 0 Å². The first-order chi connectivity index (χ1) is 3.06. The zero-order chi connectivity index (χ0) is 5.91. The highest BCUT2D eigenvalue weighted by Crippen LogP contribution is 2.15. The lowest BCUT2D eigenvalue weighted by Crippen LogP contribution is -1.99. The summed E-state index contributed by atoms with van der Waals surface area (Å²) in [6.45, 7) is 0. The van der Waals surface area contributed by atoms with Crippen LogP contribution >= 0.6 is 11.6 Å². The van der Waals surface area contributed by atoms with Crippen molar-refractivity contribution in [2.24, 2.45) is 0 Å². The van der Waals surface area contributed by atoms with Gasteiger partial charge in [0.15, 0.2) is 0 Å². The third kappa shape index (κ3) is 5.82. The lowest BCUT2D eigenvalue weighted by Gasteiger charge is -1.92. The van der Waals surface area contributed by atoms with Crippen LogP contribution in [0.4, 0.5) is 13.2 Å².